The molecule has 0 saturated carbocycles. The minimum Gasteiger partial charge on any atom is -0.383 e. The quantitative estimate of drug-likeness (QED) is 0.419. The number of aliphatic imine (C=N–C) groups is 1. The predicted octanol–water partition coefficient (Wildman–Crippen LogP) is 3.74. The molecule has 0 radical (unpaired) electrons. The Hall–Kier alpha value is -2.18. The maximum absolute atomic E-state index is 8.84. The molecule has 0 bridgehead atoms. The second-order valence-corrected chi connectivity index (χ2v) is 7.66. The van der Waals surface area contributed by atoms with Crippen molar-refractivity contribution in [2.75, 3.05) is 6.26 Å². The number of nitrogens with one attached hydrogen (secondary N) is 2. The molecule has 1 aromatic carbocycles. The third-order valence-corrected chi connectivity index (χ3v) is 6.23. The summed E-state index contributed by atoms with van der Waals surface area (Å²) in [6, 6.07) is 11.9. The number of benzene rings is 1. The summed E-state index contributed by atoms with van der Waals surface area (Å²) in [7, 11) is 0. The summed E-state index contributed by atoms with van der Waals surface area (Å²) < 4.78 is 0.994. The number of allylic oxidation sites excluding steroid dienone is 1. The fourth-order valence-corrected chi connectivity index (χ4v) is 4.48. The van der Waals surface area contributed by atoms with Crippen LogP contribution in [0.1, 0.15) is 16.0 Å². The van der Waals surface area contributed by atoms with E-state index in [-0.39, 0.29) is 5.84 Å². The maximum Gasteiger partial charge on any atom is 0.133 e. The van der Waals surface area contributed by atoms with Gasteiger partial charge in [-0.15, -0.1) is 23.1 Å². The molecule has 0 aliphatic carbocycles. The van der Waals surface area contributed by atoms with Gasteiger partial charge in [-0.05, 0) is 30.0 Å². The van der Waals surface area contributed by atoms with E-state index in [1.54, 1.807) is 18.0 Å². The number of thioether (sulfide) groups is 1. The van der Waals surface area contributed by atoms with E-state index in [4.69, 9.17) is 16.6 Å². The van der Waals surface area contributed by atoms with Crippen molar-refractivity contribution < 1.29 is 0 Å². The zero-order chi connectivity index (χ0) is 17.2. The van der Waals surface area contributed by atoms with Crippen LogP contribution in [-0.4, -0.2) is 29.6 Å². The predicted molar refractivity (Wildman–Crippen MR) is 104 cm³/mol. The molecular formula is C18H18N4S2. The van der Waals surface area contributed by atoms with Crippen LogP contribution in [0, 0.1) is 10.8 Å². The van der Waals surface area contributed by atoms with Crippen molar-refractivity contribution in [1.82, 2.24) is 0 Å². The van der Waals surface area contributed by atoms with Crippen molar-refractivity contribution in [1.29, 1.82) is 10.8 Å². The number of amidine groups is 1. The van der Waals surface area contributed by atoms with Gasteiger partial charge in [0.15, 0.2) is 0 Å². The molecule has 0 spiro atoms. The number of thiophene rings is 1. The van der Waals surface area contributed by atoms with Crippen LogP contribution in [0.15, 0.2) is 57.8 Å². The van der Waals surface area contributed by atoms with E-state index in [1.807, 2.05) is 42.7 Å². The number of hydrogen-bond donors (Lipinski definition) is 3. The summed E-state index contributed by atoms with van der Waals surface area (Å²) in [4.78, 5) is 5.31. The molecule has 1 aromatic heterocycles. The molecule has 1 aliphatic rings. The molecule has 1 unspecified atom stereocenters. The van der Waals surface area contributed by atoms with Crippen LogP contribution in [0.4, 0.5) is 0 Å². The number of nitrogen functional groups attached to an aromatic ring is 1. The Bertz CT molecular complexity index is 822. The van der Waals surface area contributed by atoms with Gasteiger partial charge in [0.1, 0.15) is 11.4 Å². The van der Waals surface area contributed by atoms with Gasteiger partial charge in [-0.2, -0.15) is 0 Å². The maximum atomic E-state index is 8.84. The van der Waals surface area contributed by atoms with Gasteiger partial charge < -0.3 is 11.1 Å². The Morgan fingerprint density at radius 3 is 2.62 bits per heavy atom. The molecule has 2 aromatic rings. The van der Waals surface area contributed by atoms with E-state index in [0.29, 0.717) is 17.0 Å². The first-order chi connectivity index (χ1) is 11.6. The molecule has 4 nitrogen and oxygen atoms in total. The number of hydrogen-bond acceptors (Lipinski definition) is 5. The number of nitrogens with zero attached hydrogens (tertiary/aromatic N) is 1. The first-order valence-electron chi connectivity index (χ1n) is 7.44. The standard InChI is InChI=1S/C18H18N4S2/c1-23-17-13(10-14(24-17)16(20)21)15(19)18(8-5-9-22-18)11-12-6-3-2-4-7-12/h2-10,19H,11H2,1H3,(H3,20,21). The topological polar surface area (TPSA) is 86.1 Å². The molecule has 122 valence electrons. The molecule has 6 heteroatoms. The van der Waals surface area contributed by atoms with Crippen LogP contribution in [0.25, 0.3) is 0 Å². The average molecular weight is 355 g/mol. The number of rotatable bonds is 6. The smallest absolute Gasteiger partial charge is 0.133 e. The lowest BCUT2D eigenvalue weighted by molar-refractivity contribution is 0.703. The highest BCUT2D eigenvalue weighted by Crippen LogP contribution is 2.36. The van der Waals surface area contributed by atoms with Crippen molar-refractivity contribution in [3.05, 3.63) is 64.6 Å². The van der Waals surface area contributed by atoms with Gasteiger partial charge in [0.2, 0.25) is 0 Å². The largest absolute Gasteiger partial charge is 0.383 e. The van der Waals surface area contributed by atoms with Crippen LogP contribution in [0.5, 0.6) is 0 Å². The van der Waals surface area contributed by atoms with E-state index in [0.717, 1.165) is 15.3 Å². The van der Waals surface area contributed by atoms with Crippen LogP contribution in [-0.2, 0) is 6.42 Å². The first-order valence-corrected chi connectivity index (χ1v) is 9.48. The lowest BCUT2D eigenvalue weighted by atomic mass is 9.84. The summed E-state index contributed by atoms with van der Waals surface area (Å²) in [6.45, 7) is 0. The summed E-state index contributed by atoms with van der Waals surface area (Å²) in [5, 5.41) is 16.5. The lowest BCUT2D eigenvalue weighted by Crippen LogP contribution is -2.36. The molecule has 1 aliphatic heterocycles. The van der Waals surface area contributed by atoms with Crippen LogP contribution in [0.3, 0.4) is 0 Å². The molecule has 0 fully saturated rings. The monoisotopic (exact) mass is 354 g/mol. The van der Waals surface area contributed by atoms with Gasteiger partial charge in [0, 0.05) is 18.2 Å². The van der Waals surface area contributed by atoms with Crippen LogP contribution >= 0.6 is 23.1 Å². The van der Waals surface area contributed by atoms with Crippen molar-refractivity contribution in [3.63, 3.8) is 0 Å². The summed E-state index contributed by atoms with van der Waals surface area (Å²) in [5.41, 5.74) is 7.34. The molecule has 1 atom stereocenters. The molecule has 24 heavy (non-hydrogen) atoms. The third-order valence-electron chi connectivity index (χ3n) is 3.93. The number of nitrogens with two attached hydrogens (primary N) is 1. The molecule has 0 amide bonds. The van der Waals surface area contributed by atoms with Gasteiger partial charge in [0.25, 0.3) is 0 Å². The molecule has 4 N–H and O–H groups in total. The highest BCUT2D eigenvalue weighted by atomic mass is 32.2. The van der Waals surface area contributed by atoms with Gasteiger partial charge in [-0.25, -0.2) is 0 Å². The van der Waals surface area contributed by atoms with Gasteiger partial charge in [-0.1, -0.05) is 30.3 Å². The second-order valence-electron chi connectivity index (χ2n) is 5.53. The fourth-order valence-electron chi connectivity index (χ4n) is 2.74. The van der Waals surface area contributed by atoms with Crippen molar-refractivity contribution in [2.24, 2.45) is 10.7 Å². The second kappa shape index (κ2) is 6.75. The Morgan fingerprint density at radius 1 is 1.29 bits per heavy atom. The van der Waals surface area contributed by atoms with E-state index in [1.165, 1.54) is 11.3 Å². The zero-order valence-electron chi connectivity index (χ0n) is 13.2. The molecule has 0 saturated heterocycles. The molecular weight excluding hydrogens is 336 g/mol. The summed E-state index contributed by atoms with van der Waals surface area (Å²) in [6.07, 6.45) is 8.25. The molecule has 2 heterocycles. The highest BCUT2D eigenvalue weighted by molar-refractivity contribution is 8.00. The molecule has 3 rings (SSSR count). The average Bonchev–Trinajstić information content (AvgIpc) is 3.22. The zero-order valence-corrected chi connectivity index (χ0v) is 14.9. The minimum atomic E-state index is -0.693. The van der Waals surface area contributed by atoms with Gasteiger partial charge >= 0.3 is 0 Å². The van der Waals surface area contributed by atoms with Crippen LogP contribution < -0.4 is 5.73 Å². The highest BCUT2D eigenvalue weighted by Gasteiger charge is 2.36. The Kier molecular flexibility index (Phi) is 4.69. The third kappa shape index (κ3) is 3.07. The van der Waals surface area contributed by atoms with Crippen LogP contribution in [0.2, 0.25) is 0 Å². The summed E-state index contributed by atoms with van der Waals surface area (Å²) in [5.74, 6) is 0.0388. The van der Waals surface area contributed by atoms with Crippen molar-refractivity contribution in [2.45, 2.75) is 16.2 Å². The van der Waals surface area contributed by atoms with Gasteiger partial charge in [-0.3, -0.25) is 10.4 Å². The van der Waals surface area contributed by atoms with E-state index in [2.05, 4.69) is 17.1 Å². The lowest BCUT2D eigenvalue weighted by Gasteiger charge is -2.25. The van der Waals surface area contributed by atoms with E-state index < -0.39 is 5.54 Å². The SMILES string of the molecule is CSc1sc(C(=N)N)cc1C(=N)C1(Cc2ccccc2)C=CC=N1. The van der Waals surface area contributed by atoms with E-state index >= 15 is 0 Å². The minimum absolute atomic E-state index is 0.0388. The van der Waals surface area contributed by atoms with Crippen molar-refractivity contribution >= 4 is 40.9 Å². The normalized spacial score (nSPS) is 18.9. The first kappa shape index (κ1) is 16.7. The van der Waals surface area contributed by atoms with Crippen molar-refractivity contribution in [3.8, 4) is 0 Å². The Balaban J connectivity index is 2.01. The fraction of sp³-hybridized carbons (Fsp3) is 0.167. The van der Waals surface area contributed by atoms with Gasteiger partial charge in [0.05, 0.1) is 14.8 Å². The summed E-state index contributed by atoms with van der Waals surface area (Å²) >= 11 is 3.03. The van der Waals surface area contributed by atoms with E-state index in [9.17, 15) is 0 Å². The Morgan fingerprint density at radius 2 is 2.04 bits per heavy atom. The Labute approximate surface area is 149 Å².